The van der Waals surface area contributed by atoms with Crippen LogP contribution in [0.4, 0.5) is 10.6 Å². The first-order valence-corrected chi connectivity index (χ1v) is 11.7. The number of carbonyl (C=O) groups is 2. The van der Waals surface area contributed by atoms with E-state index in [9.17, 15) is 14.4 Å². The van der Waals surface area contributed by atoms with Gasteiger partial charge in [-0.15, -0.1) is 0 Å². The molecule has 0 bridgehead atoms. The largest absolute Gasteiger partial charge is 0.354 e. The van der Waals surface area contributed by atoms with Gasteiger partial charge in [0.2, 0.25) is 5.91 Å². The molecule has 2 aromatic rings. The van der Waals surface area contributed by atoms with Crippen LogP contribution in [0.1, 0.15) is 11.6 Å². The number of piperazine rings is 1. The standard InChI is InChI=1S/C23H30N8O3/c24-11-16-17-12-30(13-18(16)17)21(32)20(25)14-1-3-15(4-2-14)31-8-5-19(28-23(31)34)27-22(33)29-9-6-26-7-10-29/h1-5,8,16-18,20,26H,6-7,9-13,24-25H2,(H,27,28,33,34)/t16?,17-,18+,20?. The summed E-state index contributed by atoms with van der Waals surface area (Å²) in [5.41, 5.74) is 12.8. The van der Waals surface area contributed by atoms with Gasteiger partial charge in [-0.3, -0.25) is 14.7 Å². The number of rotatable bonds is 5. The summed E-state index contributed by atoms with van der Waals surface area (Å²) < 4.78 is 1.37. The highest BCUT2D eigenvalue weighted by Crippen LogP contribution is 2.51. The summed E-state index contributed by atoms with van der Waals surface area (Å²) in [6, 6.07) is 7.53. The first-order valence-electron chi connectivity index (χ1n) is 11.7. The lowest BCUT2D eigenvalue weighted by Gasteiger charge is -2.27. The fourth-order valence-electron chi connectivity index (χ4n) is 5.09. The molecule has 3 heterocycles. The molecule has 1 aromatic heterocycles. The minimum absolute atomic E-state index is 0.0841. The molecule has 2 aliphatic heterocycles. The molecular formula is C23H30N8O3. The number of aromatic nitrogens is 2. The number of nitrogens with zero attached hydrogens (tertiary/aromatic N) is 4. The highest BCUT2D eigenvalue weighted by molar-refractivity contribution is 5.88. The third-order valence-corrected chi connectivity index (χ3v) is 7.19. The normalized spacial score (nSPS) is 24.5. The Morgan fingerprint density at radius 1 is 1.09 bits per heavy atom. The first-order chi connectivity index (χ1) is 16.5. The first kappa shape index (κ1) is 22.5. The summed E-state index contributed by atoms with van der Waals surface area (Å²) in [5.74, 6) is 1.71. The van der Waals surface area contributed by atoms with E-state index in [0.29, 0.717) is 48.6 Å². The van der Waals surface area contributed by atoms with Crippen molar-refractivity contribution in [1.29, 1.82) is 0 Å². The van der Waals surface area contributed by atoms with E-state index in [0.717, 1.165) is 26.2 Å². The van der Waals surface area contributed by atoms with Gasteiger partial charge in [-0.2, -0.15) is 4.98 Å². The Hall–Kier alpha value is -3.28. The zero-order valence-corrected chi connectivity index (χ0v) is 18.9. The van der Waals surface area contributed by atoms with Gasteiger partial charge in [-0.05, 0) is 48.1 Å². The quantitative estimate of drug-likeness (QED) is 0.456. The van der Waals surface area contributed by atoms with E-state index < -0.39 is 11.7 Å². The molecule has 2 saturated heterocycles. The van der Waals surface area contributed by atoms with Crippen LogP contribution in [0.25, 0.3) is 5.69 Å². The number of nitrogens with two attached hydrogens (primary N) is 2. The van der Waals surface area contributed by atoms with Crippen molar-refractivity contribution >= 4 is 17.8 Å². The Morgan fingerprint density at radius 2 is 1.76 bits per heavy atom. The van der Waals surface area contributed by atoms with E-state index in [4.69, 9.17) is 11.5 Å². The molecule has 1 saturated carbocycles. The van der Waals surface area contributed by atoms with Gasteiger partial charge in [0.25, 0.3) is 0 Å². The van der Waals surface area contributed by atoms with Crippen LogP contribution >= 0.6 is 0 Å². The molecule has 4 atom stereocenters. The Morgan fingerprint density at radius 3 is 2.38 bits per heavy atom. The molecule has 3 amide bonds. The van der Waals surface area contributed by atoms with Crippen LogP contribution in [0.15, 0.2) is 41.3 Å². The maximum Gasteiger partial charge on any atom is 0.354 e. The number of likely N-dealkylation sites (tertiary alicyclic amines) is 1. The van der Waals surface area contributed by atoms with E-state index in [1.165, 1.54) is 4.57 Å². The molecule has 2 unspecified atom stereocenters. The summed E-state index contributed by atoms with van der Waals surface area (Å²) in [6.45, 7) is 4.83. The lowest BCUT2D eigenvalue weighted by molar-refractivity contribution is -0.132. The second kappa shape index (κ2) is 9.16. The molecule has 11 heteroatoms. The van der Waals surface area contributed by atoms with E-state index in [1.807, 2.05) is 4.90 Å². The van der Waals surface area contributed by atoms with Crippen LogP contribution < -0.4 is 27.8 Å². The smallest absolute Gasteiger partial charge is 0.340 e. The van der Waals surface area contributed by atoms with Gasteiger partial charge in [0.05, 0.1) is 5.69 Å². The molecule has 3 fully saturated rings. The van der Waals surface area contributed by atoms with Crippen molar-refractivity contribution in [2.75, 3.05) is 51.1 Å². The zero-order valence-electron chi connectivity index (χ0n) is 18.9. The van der Waals surface area contributed by atoms with Gasteiger partial charge >= 0.3 is 11.7 Å². The van der Waals surface area contributed by atoms with Crippen molar-refractivity contribution in [3.05, 3.63) is 52.6 Å². The highest BCUT2D eigenvalue weighted by Gasteiger charge is 2.55. The Bertz CT molecular complexity index is 1120. The second-order valence-electron chi connectivity index (χ2n) is 9.17. The number of urea groups is 1. The summed E-state index contributed by atoms with van der Waals surface area (Å²) >= 11 is 0. The number of nitrogens with one attached hydrogen (secondary N) is 2. The predicted octanol–water partition coefficient (Wildman–Crippen LogP) is -0.667. The number of benzene rings is 1. The maximum atomic E-state index is 12.8. The summed E-state index contributed by atoms with van der Waals surface area (Å²) in [7, 11) is 0. The van der Waals surface area contributed by atoms with Crippen molar-refractivity contribution in [1.82, 2.24) is 24.7 Å². The van der Waals surface area contributed by atoms with Crippen molar-refractivity contribution in [2.24, 2.45) is 29.2 Å². The van der Waals surface area contributed by atoms with E-state index >= 15 is 0 Å². The predicted molar refractivity (Wildman–Crippen MR) is 126 cm³/mol. The third kappa shape index (κ3) is 4.29. The van der Waals surface area contributed by atoms with Crippen LogP contribution in [0, 0.1) is 17.8 Å². The van der Waals surface area contributed by atoms with Gasteiger partial charge in [-0.1, -0.05) is 12.1 Å². The van der Waals surface area contributed by atoms with Crippen LogP contribution in [-0.4, -0.2) is 77.1 Å². The number of anilines is 1. The van der Waals surface area contributed by atoms with E-state index in [1.54, 1.807) is 41.4 Å². The lowest BCUT2D eigenvalue weighted by atomic mass is 10.1. The van der Waals surface area contributed by atoms with Crippen LogP contribution in [0.5, 0.6) is 0 Å². The van der Waals surface area contributed by atoms with E-state index in [2.05, 4.69) is 15.6 Å². The lowest BCUT2D eigenvalue weighted by Crippen LogP contribution is -2.48. The van der Waals surface area contributed by atoms with Crippen molar-refractivity contribution in [3.8, 4) is 5.69 Å². The van der Waals surface area contributed by atoms with Crippen molar-refractivity contribution < 1.29 is 9.59 Å². The molecule has 5 rings (SSSR count). The van der Waals surface area contributed by atoms with Crippen LogP contribution in [-0.2, 0) is 4.79 Å². The van der Waals surface area contributed by atoms with Gasteiger partial charge in [0, 0.05) is 45.5 Å². The minimum Gasteiger partial charge on any atom is -0.340 e. The Kier molecular flexibility index (Phi) is 6.07. The Labute approximate surface area is 197 Å². The van der Waals surface area contributed by atoms with Crippen molar-refractivity contribution in [3.63, 3.8) is 0 Å². The molecule has 1 aliphatic carbocycles. The number of hydrogen-bond acceptors (Lipinski definition) is 7. The fraction of sp³-hybridized carbons (Fsp3) is 0.478. The van der Waals surface area contributed by atoms with Crippen LogP contribution in [0.3, 0.4) is 0 Å². The third-order valence-electron chi connectivity index (χ3n) is 7.19. The molecule has 34 heavy (non-hydrogen) atoms. The second-order valence-corrected chi connectivity index (χ2v) is 9.17. The number of amides is 3. The van der Waals surface area contributed by atoms with Crippen LogP contribution in [0.2, 0.25) is 0 Å². The molecule has 1 aromatic carbocycles. The van der Waals surface area contributed by atoms with Gasteiger partial charge < -0.3 is 26.6 Å². The number of hydrogen-bond donors (Lipinski definition) is 4. The SMILES string of the molecule is NCC1[C@H]2CN(C(=O)C(N)c3ccc(-n4ccc(NC(=O)N5CCNCC5)nc4=O)cc3)C[C@@H]12. The van der Waals surface area contributed by atoms with Crippen molar-refractivity contribution in [2.45, 2.75) is 6.04 Å². The molecule has 0 radical (unpaired) electrons. The summed E-state index contributed by atoms with van der Waals surface area (Å²) in [4.78, 5) is 45.2. The molecule has 11 nitrogen and oxygen atoms in total. The average Bonchev–Trinajstić information content (AvgIpc) is 3.34. The number of fused-ring (bicyclic) bond motifs is 1. The summed E-state index contributed by atoms with van der Waals surface area (Å²) in [6.07, 6.45) is 1.56. The number of piperidine rings is 1. The topological polar surface area (TPSA) is 152 Å². The minimum atomic E-state index is -0.750. The highest BCUT2D eigenvalue weighted by atomic mass is 16.2. The van der Waals surface area contributed by atoms with E-state index in [-0.39, 0.29) is 17.8 Å². The van der Waals surface area contributed by atoms with Gasteiger partial charge in [-0.25, -0.2) is 9.59 Å². The molecule has 6 N–H and O–H groups in total. The molecule has 3 aliphatic rings. The average molecular weight is 467 g/mol. The monoisotopic (exact) mass is 466 g/mol. The molecular weight excluding hydrogens is 436 g/mol. The molecule has 180 valence electrons. The zero-order chi connectivity index (χ0) is 23.8. The van der Waals surface area contributed by atoms with Gasteiger partial charge in [0.1, 0.15) is 11.9 Å². The Balaban J connectivity index is 1.22. The molecule has 0 spiro atoms. The maximum absolute atomic E-state index is 12.8. The fourth-order valence-corrected chi connectivity index (χ4v) is 5.09. The number of carbonyl (C=O) groups excluding carboxylic acids is 2. The summed E-state index contributed by atoms with van der Waals surface area (Å²) in [5, 5.41) is 5.86. The van der Waals surface area contributed by atoms with Gasteiger partial charge in [0.15, 0.2) is 0 Å².